The van der Waals surface area contributed by atoms with E-state index in [4.69, 9.17) is 9.47 Å². The molecule has 36 heavy (non-hydrogen) atoms. The van der Waals surface area contributed by atoms with Gasteiger partial charge in [0.1, 0.15) is 16.2 Å². The van der Waals surface area contributed by atoms with E-state index in [9.17, 15) is 13.2 Å². The minimum atomic E-state index is -4.29. The number of benzene rings is 2. The first kappa shape index (κ1) is 24.9. The molecule has 0 atom stereocenters. The lowest BCUT2D eigenvalue weighted by Gasteiger charge is -2.16. The van der Waals surface area contributed by atoms with E-state index in [-0.39, 0.29) is 23.6 Å². The summed E-state index contributed by atoms with van der Waals surface area (Å²) < 4.78 is 39.3. The van der Waals surface area contributed by atoms with Crippen molar-refractivity contribution in [1.82, 2.24) is 14.7 Å². The number of hydrogen-bond acceptors (Lipinski definition) is 7. The highest BCUT2D eigenvalue weighted by molar-refractivity contribution is 7.90. The van der Waals surface area contributed by atoms with Gasteiger partial charge in [-0.25, -0.2) is 23.1 Å². The van der Waals surface area contributed by atoms with E-state index in [1.165, 1.54) is 31.5 Å². The molecule has 0 radical (unpaired) electrons. The van der Waals surface area contributed by atoms with Crippen LogP contribution in [0.4, 0.5) is 0 Å². The number of methoxy groups -OCH3 is 1. The maximum atomic E-state index is 13.2. The van der Waals surface area contributed by atoms with Gasteiger partial charge in [-0.1, -0.05) is 48.0 Å². The molecule has 2 aromatic carbocycles. The molecule has 0 aliphatic rings. The Balaban J connectivity index is 0.00000380. The smallest absolute Gasteiger partial charge is 0.270 e. The average molecular weight is 506 g/mol. The highest BCUT2D eigenvalue weighted by atomic mass is 32.2. The molecule has 4 aromatic rings. The number of sulfonamides is 1. The molecule has 0 aliphatic carbocycles. The van der Waals surface area contributed by atoms with E-state index in [1.807, 2.05) is 63.2 Å². The summed E-state index contributed by atoms with van der Waals surface area (Å²) in [6.07, 6.45) is 1.39. The van der Waals surface area contributed by atoms with Crippen LogP contribution in [0.2, 0.25) is 0 Å². The third kappa shape index (κ3) is 5.21. The standard InChI is InChI=1S/C27H25N3O5S.H2/c1-17-15-18(2)24(19(3)16-17)35-26-21(12-13-22(29-26)20-9-6-5-7-10-20)25(31)30-36(32,33)23-11-8-14-28-27(23)34-4;/h5-16H,1-4H3,(H,30,31);1H. The number of pyridine rings is 2. The van der Waals surface area contributed by atoms with E-state index < -0.39 is 15.9 Å². The van der Waals surface area contributed by atoms with Crippen LogP contribution in [0.1, 0.15) is 28.5 Å². The van der Waals surface area contributed by atoms with E-state index in [0.29, 0.717) is 11.4 Å². The third-order valence-electron chi connectivity index (χ3n) is 5.42. The number of hydrogen-bond donors (Lipinski definition) is 1. The van der Waals surface area contributed by atoms with Crippen molar-refractivity contribution in [1.29, 1.82) is 0 Å². The maximum absolute atomic E-state index is 13.2. The second kappa shape index (κ2) is 10.2. The first-order valence-corrected chi connectivity index (χ1v) is 12.6. The molecule has 0 aliphatic heterocycles. The Morgan fingerprint density at radius 1 is 0.917 bits per heavy atom. The molecular weight excluding hydrogens is 478 g/mol. The quantitative estimate of drug-likeness (QED) is 0.366. The van der Waals surface area contributed by atoms with Gasteiger partial charge in [0.15, 0.2) is 0 Å². The highest BCUT2D eigenvalue weighted by Crippen LogP contribution is 2.33. The van der Waals surface area contributed by atoms with Crippen molar-refractivity contribution in [2.45, 2.75) is 25.7 Å². The SMILES string of the molecule is COc1ncccc1S(=O)(=O)NC(=O)c1ccc(-c2ccccc2)nc1Oc1c(C)cc(C)cc1C.[HH]. The molecular formula is C27H27N3O5S. The number of aryl methyl sites for hydroxylation is 3. The van der Waals surface area contributed by atoms with Gasteiger partial charge in [-0.15, -0.1) is 0 Å². The molecule has 186 valence electrons. The summed E-state index contributed by atoms with van der Waals surface area (Å²) in [4.78, 5) is 21.5. The van der Waals surface area contributed by atoms with Gasteiger partial charge in [-0.3, -0.25) is 4.79 Å². The predicted octanol–water partition coefficient (Wildman–Crippen LogP) is 5.23. The molecule has 0 spiro atoms. The van der Waals surface area contributed by atoms with Crippen molar-refractivity contribution in [2.24, 2.45) is 0 Å². The van der Waals surface area contributed by atoms with Crippen LogP contribution in [0.25, 0.3) is 11.3 Å². The van der Waals surface area contributed by atoms with Gasteiger partial charge in [-0.05, 0) is 56.2 Å². The Bertz CT molecular complexity index is 1520. The Labute approximate surface area is 211 Å². The normalized spacial score (nSPS) is 11.1. The molecule has 4 rings (SSSR count). The van der Waals surface area contributed by atoms with Crippen molar-refractivity contribution >= 4 is 15.9 Å². The fraction of sp³-hybridized carbons (Fsp3) is 0.148. The fourth-order valence-corrected chi connectivity index (χ4v) is 4.94. The Kier molecular flexibility index (Phi) is 7.03. The largest absolute Gasteiger partial charge is 0.480 e. The zero-order valence-electron chi connectivity index (χ0n) is 20.3. The van der Waals surface area contributed by atoms with Gasteiger partial charge in [0.25, 0.3) is 15.9 Å². The molecule has 0 saturated heterocycles. The number of carbonyl (C=O) groups excluding carboxylic acids is 1. The summed E-state index contributed by atoms with van der Waals surface area (Å²) in [5, 5.41) is 0. The predicted molar refractivity (Wildman–Crippen MR) is 138 cm³/mol. The van der Waals surface area contributed by atoms with Gasteiger partial charge in [0, 0.05) is 13.2 Å². The molecule has 8 nitrogen and oxygen atoms in total. The first-order valence-electron chi connectivity index (χ1n) is 11.1. The zero-order chi connectivity index (χ0) is 25.9. The maximum Gasteiger partial charge on any atom is 0.270 e. The number of ether oxygens (including phenoxy) is 2. The minimum Gasteiger partial charge on any atom is -0.480 e. The Morgan fingerprint density at radius 3 is 2.28 bits per heavy atom. The van der Waals surface area contributed by atoms with Crippen LogP contribution in [-0.4, -0.2) is 31.4 Å². The van der Waals surface area contributed by atoms with Crippen LogP contribution in [0.5, 0.6) is 17.5 Å². The second-order valence-corrected chi connectivity index (χ2v) is 9.84. The van der Waals surface area contributed by atoms with Crippen LogP contribution in [0.15, 0.2) is 77.8 Å². The van der Waals surface area contributed by atoms with Crippen LogP contribution < -0.4 is 14.2 Å². The molecule has 0 fully saturated rings. The lowest BCUT2D eigenvalue weighted by Crippen LogP contribution is -2.31. The van der Waals surface area contributed by atoms with E-state index in [1.54, 1.807) is 6.07 Å². The van der Waals surface area contributed by atoms with Gasteiger partial charge in [-0.2, -0.15) is 0 Å². The first-order chi connectivity index (χ1) is 17.2. The lowest BCUT2D eigenvalue weighted by molar-refractivity contribution is 0.0978. The van der Waals surface area contributed by atoms with Crippen LogP contribution in [0, 0.1) is 20.8 Å². The van der Waals surface area contributed by atoms with E-state index in [0.717, 1.165) is 22.3 Å². The van der Waals surface area contributed by atoms with Crippen LogP contribution in [-0.2, 0) is 10.0 Å². The molecule has 1 amide bonds. The van der Waals surface area contributed by atoms with E-state index in [2.05, 4.69) is 14.7 Å². The molecule has 2 aromatic heterocycles. The number of amides is 1. The van der Waals surface area contributed by atoms with Gasteiger partial charge >= 0.3 is 0 Å². The molecule has 1 N–H and O–H groups in total. The summed E-state index contributed by atoms with van der Waals surface area (Å²) in [5.41, 5.74) is 4.14. The number of nitrogens with one attached hydrogen (secondary N) is 1. The third-order valence-corrected chi connectivity index (χ3v) is 6.77. The number of aromatic nitrogens is 2. The summed E-state index contributed by atoms with van der Waals surface area (Å²) in [6, 6.07) is 19.2. The number of rotatable bonds is 7. The molecule has 0 bridgehead atoms. The number of nitrogens with zero attached hydrogens (tertiary/aromatic N) is 2. The summed E-state index contributed by atoms with van der Waals surface area (Å²) in [6.45, 7) is 5.78. The minimum absolute atomic E-state index is 0. The molecule has 0 saturated carbocycles. The highest BCUT2D eigenvalue weighted by Gasteiger charge is 2.26. The van der Waals surface area contributed by atoms with Crippen molar-refractivity contribution in [3.8, 4) is 28.8 Å². The fourth-order valence-electron chi connectivity index (χ4n) is 3.85. The summed E-state index contributed by atoms with van der Waals surface area (Å²) in [7, 11) is -3.00. The van der Waals surface area contributed by atoms with Gasteiger partial charge < -0.3 is 9.47 Å². The monoisotopic (exact) mass is 505 g/mol. The Hall–Kier alpha value is -4.24. The van der Waals surface area contributed by atoms with Crippen molar-refractivity contribution in [3.05, 3.63) is 95.2 Å². The zero-order valence-corrected chi connectivity index (χ0v) is 21.1. The molecule has 2 heterocycles. The van der Waals surface area contributed by atoms with Gasteiger partial charge in [0.05, 0.1) is 12.8 Å². The second-order valence-electron chi connectivity index (χ2n) is 8.19. The van der Waals surface area contributed by atoms with Crippen molar-refractivity contribution in [3.63, 3.8) is 0 Å². The topological polar surface area (TPSA) is 107 Å². The lowest BCUT2D eigenvalue weighted by atomic mass is 10.1. The summed E-state index contributed by atoms with van der Waals surface area (Å²) >= 11 is 0. The van der Waals surface area contributed by atoms with Crippen LogP contribution >= 0.6 is 0 Å². The molecule has 0 unspecified atom stereocenters. The summed E-state index contributed by atoms with van der Waals surface area (Å²) in [5.74, 6) is -0.496. The van der Waals surface area contributed by atoms with Crippen LogP contribution in [0.3, 0.4) is 0 Å². The Morgan fingerprint density at radius 2 is 1.61 bits per heavy atom. The molecule has 9 heteroatoms. The average Bonchev–Trinajstić information content (AvgIpc) is 2.86. The van der Waals surface area contributed by atoms with Gasteiger partial charge in [0.2, 0.25) is 11.8 Å². The number of carbonyl (C=O) groups is 1. The van der Waals surface area contributed by atoms with Crippen molar-refractivity contribution in [2.75, 3.05) is 7.11 Å². The van der Waals surface area contributed by atoms with Crippen molar-refractivity contribution < 1.29 is 24.1 Å². The van der Waals surface area contributed by atoms with E-state index >= 15 is 0 Å².